The first kappa shape index (κ1) is 14.9. The van der Waals surface area contributed by atoms with Gasteiger partial charge in [0.1, 0.15) is 12.2 Å². The van der Waals surface area contributed by atoms with E-state index in [2.05, 4.69) is 10.1 Å². The van der Waals surface area contributed by atoms with E-state index in [1.165, 1.54) is 14.0 Å². The lowest BCUT2D eigenvalue weighted by Crippen LogP contribution is -2.53. The molecule has 18 heavy (non-hydrogen) atoms. The van der Waals surface area contributed by atoms with Crippen LogP contribution in [0.5, 0.6) is 0 Å². The van der Waals surface area contributed by atoms with Crippen LogP contribution >= 0.6 is 0 Å². The highest BCUT2D eigenvalue weighted by Crippen LogP contribution is 2.25. The molecule has 7 heteroatoms. The van der Waals surface area contributed by atoms with Crippen LogP contribution in [0.4, 0.5) is 0 Å². The van der Waals surface area contributed by atoms with Gasteiger partial charge in [0.05, 0.1) is 13.7 Å². The fourth-order valence-electron chi connectivity index (χ4n) is 1.73. The monoisotopic (exact) mass is 261 g/mol. The summed E-state index contributed by atoms with van der Waals surface area (Å²) in [5, 5.41) is 12.4. The van der Waals surface area contributed by atoms with Gasteiger partial charge in [0.2, 0.25) is 5.91 Å². The van der Waals surface area contributed by atoms with E-state index in [9.17, 15) is 14.7 Å². The van der Waals surface area contributed by atoms with Crippen LogP contribution in [-0.4, -0.2) is 54.7 Å². The molecule has 0 saturated carbocycles. The number of aliphatic hydroxyl groups excluding tert-OH is 1. The van der Waals surface area contributed by atoms with Crippen molar-refractivity contribution in [3.05, 3.63) is 0 Å². The minimum Gasteiger partial charge on any atom is -0.467 e. The number of methoxy groups -OCH3 is 1. The van der Waals surface area contributed by atoms with Gasteiger partial charge in [-0.3, -0.25) is 4.79 Å². The Morgan fingerprint density at radius 2 is 2.11 bits per heavy atom. The van der Waals surface area contributed by atoms with E-state index in [0.29, 0.717) is 0 Å². The Morgan fingerprint density at radius 3 is 2.50 bits per heavy atom. The molecule has 1 aliphatic heterocycles. The molecule has 0 aliphatic carbocycles. The summed E-state index contributed by atoms with van der Waals surface area (Å²) in [6.45, 7) is 4.79. The first-order valence-corrected chi connectivity index (χ1v) is 5.61. The Morgan fingerprint density at radius 1 is 1.50 bits per heavy atom. The van der Waals surface area contributed by atoms with Crippen molar-refractivity contribution in [2.75, 3.05) is 13.7 Å². The van der Waals surface area contributed by atoms with E-state index < -0.39 is 35.9 Å². The molecular formula is C11H19NO6. The number of nitrogens with one attached hydrogen (secondary N) is 1. The molecule has 1 heterocycles. The summed E-state index contributed by atoms with van der Waals surface area (Å²) in [6, 6.07) is -1.17. The minimum atomic E-state index is -1.23. The summed E-state index contributed by atoms with van der Waals surface area (Å²) < 4.78 is 15.3. The zero-order valence-corrected chi connectivity index (χ0v) is 10.9. The number of ether oxygens (including phenoxy) is 3. The van der Waals surface area contributed by atoms with Crippen molar-refractivity contribution in [1.82, 2.24) is 5.32 Å². The molecule has 0 aromatic carbocycles. The van der Waals surface area contributed by atoms with Gasteiger partial charge in [-0.2, -0.15) is 0 Å². The maximum absolute atomic E-state index is 11.5. The van der Waals surface area contributed by atoms with E-state index in [4.69, 9.17) is 9.47 Å². The highest BCUT2D eigenvalue weighted by atomic mass is 16.7. The molecule has 104 valence electrons. The average molecular weight is 261 g/mol. The third kappa shape index (κ3) is 3.66. The van der Waals surface area contributed by atoms with E-state index in [0.717, 1.165) is 0 Å². The van der Waals surface area contributed by atoms with Crippen LogP contribution in [0.3, 0.4) is 0 Å². The molecule has 1 aliphatic rings. The third-order valence-electron chi connectivity index (χ3n) is 2.57. The van der Waals surface area contributed by atoms with Crippen LogP contribution in [-0.2, 0) is 23.8 Å². The maximum atomic E-state index is 11.5. The van der Waals surface area contributed by atoms with E-state index in [1.54, 1.807) is 13.8 Å². The van der Waals surface area contributed by atoms with Crippen molar-refractivity contribution >= 4 is 11.9 Å². The second-order valence-electron chi connectivity index (χ2n) is 4.56. The first-order valence-electron chi connectivity index (χ1n) is 5.61. The molecule has 1 rings (SSSR count). The van der Waals surface area contributed by atoms with Crippen LogP contribution in [0.15, 0.2) is 0 Å². The number of aliphatic hydroxyl groups is 1. The number of carbonyl (C=O) groups is 2. The highest BCUT2D eigenvalue weighted by Gasteiger charge is 2.42. The summed E-state index contributed by atoms with van der Waals surface area (Å²) in [4.78, 5) is 22.5. The molecule has 1 amide bonds. The molecule has 3 atom stereocenters. The largest absolute Gasteiger partial charge is 0.467 e. The van der Waals surface area contributed by atoms with Gasteiger partial charge in [-0.25, -0.2) is 4.79 Å². The molecule has 7 nitrogen and oxygen atoms in total. The van der Waals surface area contributed by atoms with Gasteiger partial charge in [0.15, 0.2) is 11.8 Å². The number of hydrogen-bond donors (Lipinski definition) is 2. The van der Waals surface area contributed by atoms with Crippen LogP contribution in [0.25, 0.3) is 0 Å². The van der Waals surface area contributed by atoms with Crippen molar-refractivity contribution in [3.63, 3.8) is 0 Å². The van der Waals surface area contributed by atoms with Crippen molar-refractivity contribution in [1.29, 1.82) is 0 Å². The van der Waals surface area contributed by atoms with Gasteiger partial charge in [-0.05, 0) is 13.8 Å². The quantitative estimate of drug-likeness (QED) is 0.642. The Kier molecular flexibility index (Phi) is 4.66. The molecule has 0 unspecified atom stereocenters. The molecule has 0 spiro atoms. The van der Waals surface area contributed by atoms with Gasteiger partial charge in [0.25, 0.3) is 0 Å². The van der Waals surface area contributed by atoms with Gasteiger partial charge in [0, 0.05) is 6.92 Å². The second kappa shape index (κ2) is 5.64. The Labute approximate surface area is 105 Å². The summed E-state index contributed by atoms with van der Waals surface area (Å²) in [5.74, 6) is -1.99. The lowest BCUT2D eigenvalue weighted by atomic mass is 10.1. The molecule has 0 aromatic rings. The second-order valence-corrected chi connectivity index (χ2v) is 4.56. The fraction of sp³-hybridized carbons (Fsp3) is 0.818. The number of hydrogen-bond acceptors (Lipinski definition) is 6. The Balaban J connectivity index is 2.73. The van der Waals surface area contributed by atoms with Crippen molar-refractivity contribution in [2.24, 2.45) is 0 Å². The molecule has 1 fully saturated rings. The lowest BCUT2D eigenvalue weighted by molar-refractivity contribution is -0.163. The predicted octanol–water partition coefficient (Wildman–Crippen LogP) is -0.823. The van der Waals surface area contributed by atoms with Crippen LogP contribution in [0.1, 0.15) is 20.8 Å². The smallest absolute Gasteiger partial charge is 0.331 e. The zero-order chi connectivity index (χ0) is 13.9. The third-order valence-corrected chi connectivity index (χ3v) is 2.57. The topological polar surface area (TPSA) is 94.1 Å². The Hall–Kier alpha value is -1.18. The molecule has 2 N–H and O–H groups in total. The lowest BCUT2D eigenvalue weighted by Gasteiger charge is -2.26. The molecular weight excluding hydrogens is 242 g/mol. The van der Waals surface area contributed by atoms with E-state index in [-0.39, 0.29) is 6.61 Å². The van der Waals surface area contributed by atoms with Gasteiger partial charge in [-0.15, -0.1) is 0 Å². The van der Waals surface area contributed by atoms with Gasteiger partial charge >= 0.3 is 5.97 Å². The zero-order valence-electron chi connectivity index (χ0n) is 10.9. The van der Waals surface area contributed by atoms with E-state index >= 15 is 0 Å². The molecule has 0 bridgehead atoms. The van der Waals surface area contributed by atoms with E-state index in [1.807, 2.05) is 0 Å². The Bertz CT molecular complexity index is 329. The number of esters is 1. The first-order chi connectivity index (χ1) is 8.26. The number of carbonyl (C=O) groups excluding carboxylic acids is 2. The number of amides is 1. The SMILES string of the molecule is COC(=O)[C@@H](NC(C)=O)[C@@H](O)[C@@H]1COC(C)(C)O1. The summed E-state index contributed by atoms with van der Waals surface area (Å²) >= 11 is 0. The summed E-state index contributed by atoms with van der Waals surface area (Å²) in [6.07, 6.45) is -1.93. The fourth-order valence-corrected chi connectivity index (χ4v) is 1.73. The summed E-state index contributed by atoms with van der Waals surface area (Å²) in [5.41, 5.74) is 0. The normalized spacial score (nSPS) is 25.3. The standard InChI is InChI=1S/C11H19NO6/c1-6(13)12-8(10(15)16-4)9(14)7-5-17-11(2,3)18-7/h7-9,14H,5H2,1-4H3,(H,12,13)/t7-,8-,9-/m0/s1. The predicted molar refractivity (Wildman–Crippen MR) is 60.5 cm³/mol. The average Bonchev–Trinajstić information content (AvgIpc) is 2.64. The number of rotatable bonds is 4. The van der Waals surface area contributed by atoms with Crippen LogP contribution in [0, 0.1) is 0 Å². The maximum Gasteiger partial charge on any atom is 0.331 e. The van der Waals surface area contributed by atoms with Crippen LogP contribution in [0.2, 0.25) is 0 Å². The van der Waals surface area contributed by atoms with Gasteiger partial charge < -0.3 is 24.6 Å². The van der Waals surface area contributed by atoms with Gasteiger partial charge in [-0.1, -0.05) is 0 Å². The van der Waals surface area contributed by atoms with Crippen molar-refractivity contribution in [2.45, 2.75) is 44.8 Å². The highest BCUT2D eigenvalue weighted by molar-refractivity contribution is 5.83. The molecule has 0 aromatic heterocycles. The summed E-state index contributed by atoms with van der Waals surface area (Å²) in [7, 11) is 1.18. The minimum absolute atomic E-state index is 0.140. The molecule has 1 saturated heterocycles. The molecule has 0 radical (unpaired) electrons. The van der Waals surface area contributed by atoms with Crippen LogP contribution < -0.4 is 5.32 Å². The van der Waals surface area contributed by atoms with Crippen molar-refractivity contribution in [3.8, 4) is 0 Å². The van der Waals surface area contributed by atoms with Crippen molar-refractivity contribution < 1.29 is 28.9 Å².